The molecule has 0 saturated heterocycles. The molecule has 9 aromatic rings. The predicted molar refractivity (Wildman–Crippen MR) is 228 cm³/mol. The lowest BCUT2D eigenvalue weighted by Crippen LogP contribution is -2.15. The van der Waals surface area contributed by atoms with Crippen LogP contribution in [0.15, 0.2) is 164 Å². The van der Waals surface area contributed by atoms with Crippen molar-refractivity contribution in [2.24, 2.45) is 0 Å². The summed E-state index contributed by atoms with van der Waals surface area (Å²) in [4.78, 5) is 0. The first-order valence-electron chi connectivity index (χ1n) is 18.9. The van der Waals surface area contributed by atoms with E-state index in [0.717, 1.165) is 0 Å². The van der Waals surface area contributed by atoms with E-state index in [0.29, 0.717) is 0 Å². The smallest absolute Gasteiger partial charge is 0.0159 e. The van der Waals surface area contributed by atoms with Gasteiger partial charge in [-0.3, -0.25) is 0 Å². The van der Waals surface area contributed by atoms with Crippen molar-refractivity contribution in [3.8, 4) is 55.6 Å². The highest BCUT2D eigenvalue weighted by molar-refractivity contribution is 6.25. The summed E-state index contributed by atoms with van der Waals surface area (Å²) in [6, 6.07) is 61.6. The fourth-order valence-electron chi connectivity index (χ4n) is 8.95. The summed E-state index contributed by atoms with van der Waals surface area (Å²) in [5, 5.41) is 8.01. The van der Waals surface area contributed by atoms with E-state index in [1.807, 2.05) is 0 Å². The number of hydrogen-bond acceptors (Lipinski definition) is 0. The van der Waals surface area contributed by atoms with Gasteiger partial charge < -0.3 is 0 Å². The summed E-state index contributed by atoms with van der Waals surface area (Å²) in [5.41, 5.74) is 16.9. The van der Waals surface area contributed by atoms with Crippen molar-refractivity contribution < 1.29 is 0 Å². The van der Waals surface area contributed by atoms with Crippen LogP contribution in [0.4, 0.5) is 0 Å². The summed E-state index contributed by atoms with van der Waals surface area (Å²) in [5.74, 6) is 0. The quantitative estimate of drug-likeness (QED) is 0.163. The Balaban J connectivity index is 0.979. The van der Waals surface area contributed by atoms with Crippen molar-refractivity contribution in [1.29, 1.82) is 0 Å². The Hall–Kier alpha value is -5.98. The van der Waals surface area contributed by atoms with Gasteiger partial charge in [0.05, 0.1) is 0 Å². The second kappa shape index (κ2) is 11.5. The van der Waals surface area contributed by atoms with Gasteiger partial charge in [0.25, 0.3) is 0 Å². The van der Waals surface area contributed by atoms with E-state index < -0.39 is 0 Å². The number of hydrogen-bond donors (Lipinski definition) is 0. The molecule has 0 atom stereocenters. The van der Waals surface area contributed by atoms with Crippen LogP contribution in [-0.4, -0.2) is 0 Å². The van der Waals surface area contributed by atoms with E-state index in [4.69, 9.17) is 0 Å². The first-order valence-corrected chi connectivity index (χ1v) is 18.9. The highest BCUT2D eigenvalue weighted by Gasteiger charge is 2.36. The molecule has 9 aromatic carbocycles. The molecule has 0 fully saturated rings. The largest absolute Gasteiger partial charge is 0.0622 e. The molecule has 0 bridgehead atoms. The number of benzene rings is 9. The van der Waals surface area contributed by atoms with Crippen LogP contribution in [0.2, 0.25) is 0 Å². The first-order chi connectivity index (χ1) is 25.6. The van der Waals surface area contributed by atoms with E-state index in [-0.39, 0.29) is 10.8 Å². The van der Waals surface area contributed by atoms with Gasteiger partial charge in [0.2, 0.25) is 0 Å². The van der Waals surface area contributed by atoms with Gasteiger partial charge in [0.15, 0.2) is 0 Å². The Morgan fingerprint density at radius 2 is 0.830 bits per heavy atom. The Morgan fingerprint density at radius 1 is 0.358 bits per heavy atom. The highest BCUT2D eigenvalue weighted by Crippen LogP contribution is 2.51. The third-order valence-electron chi connectivity index (χ3n) is 12.0. The number of fused-ring (bicyclic) bond motifs is 3. The predicted octanol–water partition coefficient (Wildman–Crippen LogP) is 14.9. The van der Waals surface area contributed by atoms with Crippen molar-refractivity contribution in [2.45, 2.75) is 45.4 Å². The van der Waals surface area contributed by atoms with Crippen LogP contribution in [0.3, 0.4) is 0 Å². The summed E-state index contributed by atoms with van der Waals surface area (Å²) in [6.45, 7) is 11.6. The van der Waals surface area contributed by atoms with Crippen LogP contribution in [0, 0.1) is 0 Å². The van der Waals surface area contributed by atoms with Crippen LogP contribution in [0.25, 0.3) is 88.0 Å². The van der Waals surface area contributed by atoms with Crippen molar-refractivity contribution in [1.82, 2.24) is 0 Å². The molecule has 1 aliphatic carbocycles. The highest BCUT2D eigenvalue weighted by atomic mass is 14.4. The Morgan fingerprint density at radius 3 is 1.49 bits per heavy atom. The molecule has 0 amide bonds. The lowest BCUT2D eigenvalue weighted by Gasteiger charge is -2.22. The zero-order valence-corrected chi connectivity index (χ0v) is 31.1. The van der Waals surface area contributed by atoms with Crippen molar-refractivity contribution >= 4 is 32.3 Å². The second-order valence-corrected chi connectivity index (χ2v) is 16.6. The third-order valence-corrected chi connectivity index (χ3v) is 12.0. The lowest BCUT2D eigenvalue weighted by molar-refractivity contribution is 0.591. The molecule has 1 aliphatic rings. The summed E-state index contributed by atoms with van der Waals surface area (Å²) < 4.78 is 0. The van der Waals surface area contributed by atoms with Gasteiger partial charge in [-0.15, -0.1) is 0 Å². The molecule has 0 nitrogen and oxygen atoms in total. The fourth-order valence-corrected chi connectivity index (χ4v) is 8.95. The molecule has 0 saturated carbocycles. The fraction of sp³-hybridized carbons (Fsp3) is 0.132. The molecular weight excluding hydrogens is 637 g/mol. The summed E-state index contributed by atoms with van der Waals surface area (Å²) >= 11 is 0. The van der Waals surface area contributed by atoms with Gasteiger partial charge in [0, 0.05) is 5.41 Å². The molecule has 0 spiro atoms. The van der Waals surface area contributed by atoms with Gasteiger partial charge in [-0.1, -0.05) is 180 Å². The monoisotopic (exact) mass is 678 g/mol. The number of rotatable bonds is 4. The van der Waals surface area contributed by atoms with Crippen molar-refractivity contribution in [3.05, 3.63) is 180 Å². The van der Waals surface area contributed by atoms with Gasteiger partial charge in [0.1, 0.15) is 0 Å². The zero-order chi connectivity index (χ0) is 36.1. The standard InChI is InChI=1S/C53H42/c1-52(2,3)43-29-41-19-18-36-20-24-44(47-27-23-42(30-43)50(41)51(36)47)35-16-14-34(15-17-35)37-12-9-13-38(28-37)40-22-26-46-45-25-21-39(33-10-7-6-8-11-33)31-48(45)53(4,5)49(46)32-40/h6-32H,1-5H3. The van der Waals surface area contributed by atoms with E-state index in [1.54, 1.807) is 0 Å². The lowest BCUT2D eigenvalue weighted by atomic mass is 9.80. The van der Waals surface area contributed by atoms with Gasteiger partial charge in [-0.25, -0.2) is 0 Å². The molecule has 0 radical (unpaired) electrons. The topological polar surface area (TPSA) is 0 Å². The molecule has 0 unspecified atom stereocenters. The molecule has 0 heterocycles. The SMILES string of the molecule is CC(C)(C)c1cc2ccc3ccc(-c4ccc(-c5cccc(-c6ccc7c(c6)C(C)(C)c6cc(-c8ccccc8)ccc6-7)c5)cc4)c4ccc(c1)c2c34. The Labute approximate surface area is 312 Å². The molecule has 0 heteroatoms. The van der Waals surface area contributed by atoms with Gasteiger partial charge >= 0.3 is 0 Å². The first kappa shape index (κ1) is 31.7. The van der Waals surface area contributed by atoms with Crippen LogP contribution in [0.5, 0.6) is 0 Å². The zero-order valence-electron chi connectivity index (χ0n) is 31.1. The van der Waals surface area contributed by atoms with Crippen LogP contribution < -0.4 is 0 Å². The van der Waals surface area contributed by atoms with Gasteiger partial charge in [-0.2, -0.15) is 0 Å². The second-order valence-electron chi connectivity index (χ2n) is 16.6. The average molecular weight is 679 g/mol. The van der Waals surface area contributed by atoms with Crippen LogP contribution in [-0.2, 0) is 10.8 Å². The van der Waals surface area contributed by atoms with E-state index in [1.165, 1.54) is 105 Å². The van der Waals surface area contributed by atoms with Crippen LogP contribution >= 0.6 is 0 Å². The molecule has 0 aliphatic heterocycles. The van der Waals surface area contributed by atoms with Gasteiger partial charge in [-0.05, 0) is 128 Å². The average Bonchev–Trinajstić information content (AvgIpc) is 3.41. The molecule has 0 aromatic heterocycles. The van der Waals surface area contributed by atoms with Crippen molar-refractivity contribution in [2.75, 3.05) is 0 Å². The molecule has 254 valence electrons. The molecule has 10 rings (SSSR count). The van der Waals surface area contributed by atoms with Crippen molar-refractivity contribution in [3.63, 3.8) is 0 Å². The summed E-state index contributed by atoms with van der Waals surface area (Å²) in [6.07, 6.45) is 0. The molecular formula is C53H42. The van der Waals surface area contributed by atoms with Crippen LogP contribution in [0.1, 0.15) is 51.3 Å². The third kappa shape index (κ3) is 5.04. The maximum Gasteiger partial charge on any atom is 0.0159 e. The maximum absolute atomic E-state index is 2.43. The van der Waals surface area contributed by atoms with E-state index >= 15 is 0 Å². The minimum atomic E-state index is -0.0839. The summed E-state index contributed by atoms with van der Waals surface area (Å²) in [7, 11) is 0. The Bertz CT molecular complexity index is 2840. The maximum atomic E-state index is 2.43. The minimum absolute atomic E-state index is 0.0839. The van der Waals surface area contributed by atoms with E-state index in [9.17, 15) is 0 Å². The minimum Gasteiger partial charge on any atom is -0.0622 e. The molecule has 53 heavy (non-hydrogen) atoms. The Kier molecular flexibility index (Phi) is 6.89. The molecule has 0 N–H and O–H groups in total. The van der Waals surface area contributed by atoms with E-state index in [2.05, 4.69) is 198 Å². The normalized spacial score (nSPS) is 13.5.